The molecule has 1 rings (SSSR count). The molecule has 0 atom stereocenters. The lowest BCUT2D eigenvalue weighted by Crippen LogP contribution is -2.34. The molecule has 0 aromatic carbocycles. The quantitative estimate of drug-likeness (QED) is 0.345. The second-order valence-electron chi connectivity index (χ2n) is 6.86. The number of rotatable bonds is 4. The van der Waals surface area contributed by atoms with E-state index < -0.39 is 17.0 Å². The third-order valence-corrected chi connectivity index (χ3v) is 3.76. The molecule has 1 fully saturated rings. The number of carbonyl (C=O) groups is 3. The van der Waals surface area contributed by atoms with Gasteiger partial charge in [0.15, 0.2) is 0 Å². The summed E-state index contributed by atoms with van der Waals surface area (Å²) in [5.41, 5.74) is -1.39. The number of hydrogen-bond donors (Lipinski definition) is 0. The first-order valence-electron chi connectivity index (χ1n) is 7.61. The fourth-order valence-corrected chi connectivity index (χ4v) is 2.44. The van der Waals surface area contributed by atoms with E-state index in [-0.39, 0.29) is 11.6 Å². The summed E-state index contributed by atoms with van der Waals surface area (Å²) in [6.07, 6.45) is 6.61. The van der Waals surface area contributed by atoms with Gasteiger partial charge in [0, 0.05) is 18.9 Å². The maximum absolute atomic E-state index is 12.1. The Bertz CT molecular complexity index is 422. The molecule has 0 N–H and O–H groups in total. The van der Waals surface area contributed by atoms with E-state index in [1.54, 1.807) is 13.0 Å². The van der Waals surface area contributed by atoms with Crippen LogP contribution in [0.2, 0.25) is 0 Å². The van der Waals surface area contributed by atoms with Gasteiger partial charge < -0.3 is 4.74 Å². The van der Waals surface area contributed by atoms with Gasteiger partial charge in [-0.3, -0.25) is 9.59 Å². The van der Waals surface area contributed by atoms with Crippen molar-refractivity contribution in [2.45, 2.75) is 71.8 Å². The normalized spacial score (nSPS) is 19.6. The minimum Gasteiger partial charge on any atom is -0.457 e. The lowest BCUT2D eigenvalue weighted by Gasteiger charge is -2.24. The van der Waals surface area contributed by atoms with Gasteiger partial charge >= 0.3 is 5.97 Å². The predicted molar refractivity (Wildman–Crippen MR) is 80.8 cm³/mol. The fourth-order valence-electron chi connectivity index (χ4n) is 2.44. The lowest BCUT2D eigenvalue weighted by atomic mass is 9.76. The highest BCUT2D eigenvalue weighted by atomic mass is 16.6. The van der Waals surface area contributed by atoms with E-state index in [0.717, 1.165) is 12.8 Å². The average Bonchev–Trinajstić information content (AvgIpc) is 2.47. The zero-order valence-corrected chi connectivity index (χ0v) is 13.5. The van der Waals surface area contributed by atoms with Gasteiger partial charge in [0.1, 0.15) is 17.2 Å². The number of ketones is 2. The van der Waals surface area contributed by atoms with E-state index in [0.29, 0.717) is 25.7 Å². The number of Topliss-reactive ketones (excluding diaryl/α,β-unsaturated/α-hetero) is 2. The number of hydrogen-bond acceptors (Lipinski definition) is 4. The monoisotopic (exact) mass is 294 g/mol. The van der Waals surface area contributed by atoms with E-state index in [2.05, 4.69) is 0 Å². The van der Waals surface area contributed by atoms with Crippen molar-refractivity contribution in [1.82, 2.24) is 0 Å². The summed E-state index contributed by atoms with van der Waals surface area (Å²) < 4.78 is 5.16. The minimum absolute atomic E-state index is 0.0377. The van der Waals surface area contributed by atoms with Crippen LogP contribution < -0.4 is 0 Å². The third kappa shape index (κ3) is 5.44. The molecule has 21 heavy (non-hydrogen) atoms. The highest BCUT2D eigenvalue weighted by Gasteiger charge is 2.40. The van der Waals surface area contributed by atoms with Crippen LogP contribution in [0.25, 0.3) is 0 Å². The molecule has 0 bridgehead atoms. The molecule has 0 amide bonds. The molecular weight excluding hydrogens is 268 g/mol. The van der Waals surface area contributed by atoms with Gasteiger partial charge in [-0.2, -0.15) is 0 Å². The molecule has 0 aromatic rings. The van der Waals surface area contributed by atoms with E-state index in [1.807, 2.05) is 20.8 Å². The predicted octanol–water partition coefficient (Wildman–Crippen LogP) is 3.38. The van der Waals surface area contributed by atoms with Crippen LogP contribution in [-0.4, -0.2) is 23.1 Å². The number of allylic oxidation sites excluding steroid dienone is 1. The van der Waals surface area contributed by atoms with Crippen molar-refractivity contribution in [2.24, 2.45) is 5.41 Å². The Morgan fingerprint density at radius 3 is 2.19 bits per heavy atom. The van der Waals surface area contributed by atoms with E-state index in [9.17, 15) is 14.4 Å². The molecule has 4 heteroatoms. The van der Waals surface area contributed by atoms with Crippen LogP contribution in [0.3, 0.4) is 0 Å². The third-order valence-electron chi connectivity index (χ3n) is 3.76. The smallest absolute Gasteiger partial charge is 0.330 e. The SMILES string of the molecule is CC(C)(C)OC(=O)/C=C/CCC1(C)C(=O)CCCCC1=O. The second kappa shape index (κ2) is 7.01. The molecule has 0 aliphatic heterocycles. The Labute approximate surface area is 126 Å². The van der Waals surface area contributed by atoms with Gasteiger partial charge in [0.25, 0.3) is 0 Å². The van der Waals surface area contributed by atoms with Gasteiger partial charge in [-0.15, -0.1) is 0 Å². The second-order valence-corrected chi connectivity index (χ2v) is 6.86. The van der Waals surface area contributed by atoms with Crippen molar-refractivity contribution in [3.63, 3.8) is 0 Å². The Morgan fingerprint density at radius 2 is 1.71 bits per heavy atom. The first kappa shape index (κ1) is 17.6. The van der Waals surface area contributed by atoms with Crippen LogP contribution >= 0.6 is 0 Å². The molecule has 1 aliphatic carbocycles. The van der Waals surface area contributed by atoms with Crippen LogP contribution in [0.1, 0.15) is 66.2 Å². The summed E-state index contributed by atoms with van der Waals surface area (Å²) in [5.74, 6) is -0.322. The molecule has 1 saturated carbocycles. The summed E-state index contributed by atoms with van der Waals surface area (Å²) in [7, 11) is 0. The molecule has 4 nitrogen and oxygen atoms in total. The van der Waals surface area contributed by atoms with Crippen LogP contribution in [0.5, 0.6) is 0 Å². The summed E-state index contributed by atoms with van der Waals surface area (Å²) in [6, 6.07) is 0. The molecule has 0 unspecified atom stereocenters. The van der Waals surface area contributed by atoms with Crippen molar-refractivity contribution in [3.8, 4) is 0 Å². The Morgan fingerprint density at radius 1 is 1.19 bits per heavy atom. The number of carbonyl (C=O) groups excluding carboxylic acids is 3. The summed E-state index contributed by atoms with van der Waals surface area (Å²) in [4.78, 5) is 35.8. The maximum atomic E-state index is 12.1. The highest BCUT2D eigenvalue weighted by molar-refractivity contribution is 6.07. The summed E-state index contributed by atoms with van der Waals surface area (Å²) >= 11 is 0. The minimum atomic E-state index is -0.880. The average molecular weight is 294 g/mol. The zero-order chi connectivity index (χ0) is 16.1. The largest absolute Gasteiger partial charge is 0.457 e. The fraction of sp³-hybridized carbons (Fsp3) is 0.706. The van der Waals surface area contributed by atoms with Crippen molar-refractivity contribution < 1.29 is 19.1 Å². The van der Waals surface area contributed by atoms with Crippen molar-refractivity contribution in [2.75, 3.05) is 0 Å². The molecule has 0 aromatic heterocycles. The number of ether oxygens (including phenoxy) is 1. The van der Waals surface area contributed by atoms with E-state index in [1.165, 1.54) is 6.08 Å². The van der Waals surface area contributed by atoms with Crippen molar-refractivity contribution in [1.29, 1.82) is 0 Å². The Hall–Kier alpha value is -1.45. The Balaban J connectivity index is 2.55. The molecular formula is C17H26O4. The highest BCUT2D eigenvalue weighted by Crippen LogP contribution is 2.33. The number of esters is 1. The zero-order valence-electron chi connectivity index (χ0n) is 13.5. The van der Waals surface area contributed by atoms with Gasteiger partial charge in [-0.25, -0.2) is 4.79 Å². The van der Waals surface area contributed by atoms with Crippen LogP contribution in [-0.2, 0) is 19.1 Å². The first-order chi connectivity index (χ1) is 9.65. The molecule has 0 saturated heterocycles. The standard InChI is InChI=1S/C17H26O4/c1-16(2,3)21-15(20)11-7-8-12-17(4)13(18)9-5-6-10-14(17)19/h7,11H,5-6,8-10,12H2,1-4H3/b11-7+. The maximum Gasteiger partial charge on any atom is 0.330 e. The molecule has 0 spiro atoms. The van der Waals surface area contributed by atoms with Crippen LogP contribution in [0, 0.1) is 5.41 Å². The molecule has 118 valence electrons. The molecule has 0 radical (unpaired) electrons. The van der Waals surface area contributed by atoms with Gasteiger partial charge in [0.05, 0.1) is 5.41 Å². The van der Waals surface area contributed by atoms with Crippen LogP contribution in [0.4, 0.5) is 0 Å². The van der Waals surface area contributed by atoms with E-state index in [4.69, 9.17) is 4.74 Å². The summed E-state index contributed by atoms with van der Waals surface area (Å²) in [5, 5.41) is 0. The topological polar surface area (TPSA) is 60.4 Å². The molecule has 1 aliphatic rings. The van der Waals surface area contributed by atoms with Gasteiger partial charge in [0.2, 0.25) is 0 Å². The molecule has 0 heterocycles. The summed E-state index contributed by atoms with van der Waals surface area (Å²) in [6.45, 7) is 7.16. The van der Waals surface area contributed by atoms with E-state index >= 15 is 0 Å². The van der Waals surface area contributed by atoms with Gasteiger partial charge in [-0.1, -0.05) is 6.08 Å². The van der Waals surface area contributed by atoms with Crippen molar-refractivity contribution >= 4 is 17.5 Å². The lowest BCUT2D eigenvalue weighted by molar-refractivity contribution is -0.148. The van der Waals surface area contributed by atoms with Gasteiger partial charge in [-0.05, 0) is 53.4 Å². The van der Waals surface area contributed by atoms with Crippen molar-refractivity contribution in [3.05, 3.63) is 12.2 Å². The first-order valence-corrected chi connectivity index (χ1v) is 7.61. The van der Waals surface area contributed by atoms with Crippen LogP contribution in [0.15, 0.2) is 12.2 Å². The Kier molecular flexibility index (Phi) is 5.87.